The van der Waals surface area contributed by atoms with Gasteiger partial charge in [0.2, 0.25) is 0 Å². The zero-order valence-corrected chi connectivity index (χ0v) is 13.4. The van der Waals surface area contributed by atoms with Crippen LogP contribution in [-0.2, 0) is 6.54 Å². The third kappa shape index (κ3) is 3.77. The summed E-state index contributed by atoms with van der Waals surface area (Å²) in [5.74, 6) is 0.816. The van der Waals surface area contributed by atoms with Crippen LogP contribution in [0.5, 0.6) is 11.5 Å². The van der Waals surface area contributed by atoms with E-state index in [1.54, 1.807) is 19.2 Å². The lowest BCUT2D eigenvalue weighted by Crippen LogP contribution is -2.18. The van der Waals surface area contributed by atoms with E-state index in [1.807, 2.05) is 26.0 Å². The summed E-state index contributed by atoms with van der Waals surface area (Å²) in [6.07, 6.45) is 0. The van der Waals surface area contributed by atoms with Gasteiger partial charge in [-0.25, -0.2) is 4.39 Å². The Labute approximate surface area is 131 Å². The molecule has 0 saturated carbocycles. The monoisotopic (exact) mass is 303 g/mol. The van der Waals surface area contributed by atoms with Crippen molar-refractivity contribution in [2.45, 2.75) is 26.4 Å². The molecule has 0 amide bonds. The number of ether oxygens (including phenoxy) is 2. The van der Waals surface area contributed by atoms with Gasteiger partial charge in [-0.3, -0.25) is 0 Å². The number of hydrogen-bond acceptors (Lipinski definition) is 3. The second kappa shape index (κ2) is 7.27. The third-order valence-electron chi connectivity index (χ3n) is 3.75. The molecule has 0 aliphatic heterocycles. The van der Waals surface area contributed by atoms with Crippen LogP contribution in [0.2, 0.25) is 0 Å². The van der Waals surface area contributed by atoms with Gasteiger partial charge in [0.15, 0.2) is 11.6 Å². The maximum atomic E-state index is 13.4. The number of methoxy groups -OCH3 is 2. The molecule has 0 saturated heterocycles. The molecule has 0 fully saturated rings. The van der Waals surface area contributed by atoms with Crippen molar-refractivity contribution in [2.24, 2.45) is 0 Å². The van der Waals surface area contributed by atoms with Crippen LogP contribution >= 0.6 is 0 Å². The minimum absolute atomic E-state index is 0.0944. The van der Waals surface area contributed by atoms with Crippen LogP contribution in [0.3, 0.4) is 0 Å². The average Bonchev–Trinajstić information content (AvgIpc) is 2.53. The molecule has 1 atom stereocenters. The summed E-state index contributed by atoms with van der Waals surface area (Å²) in [5.41, 5.74) is 3.28. The summed E-state index contributed by atoms with van der Waals surface area (Å²) in [6, 6.07) is 11.1. The Bertz CT molecular complexity index is 643. The fourth-order valence-corrected chi connectivity index (χ4v) is 2.39. The summed E-state index contributed by atoms with van der Waals surface area (Å²) >= 11 is 0. The minimum Gasteiger partial charge on any atom is -0.496 e. The van der Waals surface area contributed by atoms with Gasteiger partial charge in [0, 0.05) is 12.6 Å². The van der Waals surface area contributed by atoms with E-state index in [9.17, 15) is 4.39 Å². The van der Waals surface area contributed by atoms with E-state index in [2.05, 4.69) is 11.4 Å². The van der Waals surface area contributed by atoms with Gasteiger partial charge in [0.1, 0.15) is 5.75 Å². The van der Waals surface area contributed by atoms with Gasteiger partial charge in [0.25, 0.3) is 0 Å². The number of aryl methyl sites for hydroxylation is 1. The number of nitrogens with one attached hydrogen (secondary N) is 1. The van der Waals surface area contributed by atoms with Crippen LogP contribution in [0.15, 0.2) is 36.4 Å². The number of rotatable bonds is 6. The van der Waals surface area contributed by atoms with Gasteiger partial charge in [-0.15, -0.1) is 0 Å². The number of hydrogen-bond donors (Lipinski definition) is 1. The lowest BCUT2D eigenvalue weighted by Gasteiger charge is -2.16. The quantitative estimate of drug-likeness (QED) is 0.875. The van der Waals surface area contributed by atoms with Crippen LogP contribution < -0.4 is 14.8 Å². The number of halogens is 1. The Morgan fingerprint density at radius 3 is 2.41 bits per heavy atom. The molecule has 4 heteroatoms. The summed E-state index contributed by atoms with van der Waals surface area (Å²) in [5, 5.41) is 3.43. The minimum atomic E-state index is -0.343. The van der Waals surface area contributed by atoms with Crippen molar-refractivity contribution < 1.29 is 13.9 Å². The van der Waals surface area contributed by atoms with E-state index in [0.29, 0.717) is 0 Å². The van der Waals surface area contributed by atoms with Gasteiger partial charge in [-0.2, -0.15) is 0 Å². The normalized spacial score (nSPS) is 12.0. The fraction of sp³-hybridized carbons (Fsp3) is 0.333. The topological polar surface area (TPSA) is 30.5 Å². The van der Waals surface area contributed by atoms with Crippen LogP contribution in [0.1, 0.15) is 29.7 Å². The van der Waals surface area contributed by atoms with Gasteiger partial charge in [-0.1, -0.05) is 18.2 Å². The molecule has 1 N–H and O–H groups in total. The average molecular weight is 303 g/mol. The van der Waals surface area contributed by atoms with E-state index in [1.165, 1.54) is 18.7 Å². The first-order valence-corrected chi connectivity index (χ1v) is 7.25. The van der Waals surface area contributed by atoms with Crippen LogP contribution in [0.4, 0.5) is 4.39 Å². The van der Waals surface area contributed by atoms with E-state index >= 15 is 0 Å². The molecule has 0 aliphatic carbocycles. The molecule has 2 aromatic carbocycles. The van der Waals surface area contributed by atoms with Crippen molar-refractivity contribution >= 4 is 0 Å². The first-order chi connectivity index (χ1) is 10.5. The van der Waals surface area contributed by atoms with Gasteiger partial charge < -0.3 is 14.8 Å². The molecule has 0 radical (unpaired) electrons. The SMILES string of the molecule is COc1ccc(CNC(C)c2ccc(F)c(OC)c2)cc1C. The molecule has 0 aliphatic rings. The Morgan fingerprint density at radius 1 is 1.05 bits per heavy atom. The maximum absolute atomic E-state index is 13.4. The predicted octanol–water partition coefficient (Wildman–Crippen LogP) is 4.00. The van der Waals surface area contributed by atoms with Crippen molar-refractivity contribution in [1.29, 1.82) is 0 Å². The fourth-order valence-electron chi connectivity index (χ4n) is 2.39. The molecule has 0 bridgehead atoms. The maximum Gasteiger partial charge on any atom is 0.165 e. The summed E-state index contributed by atoms with van der Waals surface area (Å²) < 4.78 is 23.7. The molecule has 2 rings (SSSR count). The highest BCUT2D eigenvalue weighted by Crippen LogP contribution is 2.23. The van der Waals surface area contributed by atoms with Crippen molar-refractivity contribution in [3.05, 3.63) is 58.9 Å². The van der Waals surface area contributed by atoms with Crippen molar-refractivity contribution in [2.75, 3.05) is 14.2 Å². The third-order valence-corrected chi connectivity index (χ3v) is 3.75. The summed E-state index contributed by atoms with van der Waals surface area (Å²) in [7, 11) is 3.14. The first-order valence-electron chi connectivity index (χ1n) is 7.25. The highest BCUT2D eigenvalue weighted by molar-refractivity contribution is 5.36. The molecular weight excluding hydrogens is 281 g/mol. The van der Waals surface area contributed by atoms with Crippen LogP contribution in [-0.4, -0.2) is 14.2 Å². The van der Waals surface area contributed by atoms with Crippen molar-refractivity contribution in [3.63, 3.8) is 0 Å². The smallest absolute Gasteiger partial charge is 0.165 e. The first kappa shape index (κ1) is 16.3. The standard InChI is InChI=1S/C18H22FNO2/c1-12-9-14(5-8-17(12)21-3)11-20-13(2)15-6-7-16(19)18(10-15)22-4/h5-10,13,20H,11H2,1-4H3. The van der Waals surface area contributed by atoms with Crippen molar-refractivity contribution in [1.82, 2.24) is 5.32 Å². The highest BCUT2D eigenvalue weighted by atomic mass is 19.1. The molecular formula is C18H22FNO2. The van der Waals surface area contributed by atoms with Gasteiger partial charge in [0.05, 0.1) is 14.2 Å². The van der Waals surface area contributed by atoms with E-state index in [-0.39, 0.29) is 17.6 Å². The molecule has 0 aromatic heterocycles. The van der Waals surface area contributed by atoms with Crippen molar-refractivity contribution in [3.8, 4) is 11.5 Å². The zero-order valence-electron chi connectivity index (χ0n) is 13.4. The highest BCUT2D eigenvalue weighted by Gasteiger charge is 2.09. The summed E-state index contributed by atoms with van der Waals surface area (Å²) in [6.45, 7) is 4.80. The Balaban J connectivity index is 2.03. The second-order valence-electron chi connectivity index (χ2n) is 5.30. The lowest BCUT2D eigenvalue weighted by molar-refractivity contribution is 0.385. The molecule has 0 heterocycles. The second-order valence-corrected chi connectivity index (χ2v) is 5.30. The molecule has 2 aromatic rings. The van der Waals surface area contributed by atoms with Gasteiger partial charge >= 0.3 is 0 Å². The summed E-state index contributed by atoms with van der Waals surface area (Å²) in [4.78, 5) is 0. The molecule has 22 heavy (non-hydrogen) atoms. The Hall–Kier alpha value is -2.07. The van der Waals surface area contributed by atoms with Crippen LogP contribution in [0, 0.1) is 12.7 Å². The van der Waals surface area contributed by atoms with E-state index in [0.717, 1.165) is 23.4 Å². The predicted molar refractivity (Wildman–Crippen MR) is 85.9 cm³/mol. The Morgan fingerprint density at radius 2 is 1.77 bits per heavy atom. The van der Waals surface area contributed by atoms with E-state index < -0.39 is 0 Å². The molecule has 0 spiro atoms. The van der Waals surface area contributed by atoms with Gasteiger partial charge in [-0.05, 0) is 48.7 Å². The largest absolute Gasteiger partial charge is 0.496 e. The molecule has 3 nitrogen and oxygen atoms in total. The lowest BCUT2D eigenvalue weighted by atomic mass is 10.1. The number of benzene rings is 2. The molecule has 118 valence electrons. The Kier molecular flexibility index (Phi) is 5.39. The van der Waals surface area contributed by atoms with Crippen LogP contribution in [0.25, 0.3) is 0 Å². The molecule has 1 unspecified atom stereocenters. The van der Waals surface area contributed by atoms with E-state index in [4.69, 9.17) is 9.47 Å². The zero-order chi connectivity index (χ0) is 16.1.